The Kier molecular flexibility index (Phi) is 5.26. The fourth-order valence-corrected chi connectivity index (χ4v) is 3.57. The zero-order valence-electron chi connectivity index (χ0n) is 9.61. The minimum Gasteiger partial charge on any atom is -0.206 e. The lowest BCUT2D eigenvalue weighted by Crippen LogP contribution is -2.43. The molecule has 1 saturated carbocycles. The van der Waals surface area contributed by atoms with Gasteiger partial charge in [-0.3, -0.25) is 0 Å². The van der Waals surface area contributed by atoms with Crippen LogP contribution in [0.3, 0.4) is 0 Å². The van der Waals surface area contributed by atoms with Gasteiger partial charge < -0.3 is 0 Å². The third-order valence-electron chi connectivity index (χ3n) is 3.56. The van der Waals surface area contributed by atoms with E-state index in [1.807, 2.05) is 6.92 Å². The molecule has 0 spiro atoms. The Hall–Kier alpha value is 0.590. The van der Waals surface area contributed by atoms with Gasteiger partial charge in [0.2, 0.25) is 0 Å². The largest absolute Gasteiger partial charge is 0.253 e. The smallest absolute Gasteiger partial charge is 0.206 e. The molecule has 0 amide bonds. The summed E-state index contributed by atoms with van der Waals surface area (Å²) in [6, 6.07) is 0. The Balaban J connectivity index is 2.71. The molecule has 0 nitrogen and oxygen atoms in total. The predicted octanol–water partition coefficient (Wildman–Crippen LogP) is 4.91. The fourth-order valence-electron chi connectivity index (χ4n) is 2.82. The third kappa shape index (κ3) is 3.27. The summed E-state index contributed by atoms with van der Waals surface area (Å²) in [6.07, 6.45) is 3.69. The average molecular weight is 330 g/mol. The van der Waals surface area contributed by atoms with Crippen LogP contribution < -0.4 is 0 Å². The van der Waals surface area contributed by atoms with Crippen molar-refractivity contribution in [2.24, 2.45) is 17.8 Å². The molecule has 3 atom stereocenters. The number of rotatable bonds is 4. The molecule has 1 fully saturated rings. The molecule has 0 aliphatic heterocycles. The van der Waals surface area contributed by atoms with E-state index in [0.29, 0.717) is 18.8 Å². The van der Waals surface area contributed by atoms with E-state index in [0.717, 1.165) is 23.7 Å². The molecule has 3 heteroatoms. The topological polar surface area (TPSA) is 0 Å². The summed E-state index contributed by atoms with van der Waals surface area (Å²) in [5, 5.41) is 0. The van der Waals surface area contributed by atoms with E-state index in [9.17, 15) is 8.78 Å². The third-order valence-corrected chi connectivity index (χ3v) is 4.18. The summed E-state index contributed by atoms with van der Waals surface area (Å²) in [6.45, 7) is 4.13. The molecule has 0 N–H and O–H groups in total. The van der Waals surface area contributed by atoms with E-state index < -0.39 is 5.92 Å². The van der Waals surface area contributed by atoms with E-state index in [1.54, 1.807) is 0 Å². The van der Waals surface area contributed by atoms with Gasteiger partial charge in [0.05, 0.1) is 0 Å². The van der Waals surface area contributed by atoms with E-state index in [-0.39, 0.29) is 11.8 Å². The Labute approximate surface area is 105 Å². The Bertz CT molecular complexity index is 176. The van der Waals surface area contributed by atoms with Crippen LogP contribution in [0.1, 0.15) is 46.0 Å². The van der Waals surface area contributed by atoms with Crippen molar-refractivity contribution < 1.29 is 8.78 Å². The maximum atomic E-state index is 14.1. The Morgan fingerprint density at radius 3 is 2.20 bits per heavy atom. The molecule has 90 valence electrons. The fraction of sp³-hybridized carbons (Fsp3) is 1.00. The lowest BCUT2D eigenvalue weighted by Gasteiger charge is -2.41. The van der Waals surface area contributed by atoms with Crippen LogP contribution in [0.4, 0.5) is 8.78 Å². The zero-order valence-corrected chi connectivity index (χ0v) is 11.8. The van der Waals surface area contributed by atoms with E-state index >= 15 is 0 Å². The van der Waals surface area contributed by atoms with Crippen LogP contribution >= 0.6 is 22.6 Å². The SMILES string of the molecule is CCCC1CC(C)CC(CCI)C1(F)F. The van der Waals surface area contributed by atoms with Crippen molar-refractivity contribution in [2.45, 2.75) is 51.9 Å². The van der Waals surface area contributed by atoms with Gasteiger partial charge in [-0.25, -0.2) is 8.78 Å². The molecule has 0 heterocycles. The van der Waals surface area contributed by atoms with Crippen molar-refractivity contribution in [1.82, 2.24) is 0 Å². The summed E-state index contributed by atoms with van der Waals surface area (Å²) in [5.74, 6) is -2.66. The summed E-state index contributed by atoms with van der Waals surface area (Å²) < 4.78 is 29.0. The maximum Gasteiger partial charge on any atom is 0.253 e. The van der Waals surface area contributed by atoms with E-state index in [2.05, 4.69) is 29.5 Å². The van der Waals surface area contributed by atoms with Crippen molar-refractivity contribution in [3.8, 4) is 0 Å². The predicted molar refractivity (Wildman–Crippen MR) is 68.7 cm³/mol. The summed E-state index contributed by atoms with van der Waals surface area (Å²) >= 11 is 2.21. The van der Waals surface area contributed by atoms with Crippen LogP contribution in [0, 0.1) is 17.8 Å². The molecule has 0 saturated heterocycles. The van der Waals surface area contributed by atoms with Crippen LogP contribution in [0.5, 0.6) is 0 Å². The van der Waals surface area contributed by atoms with Gasteiger partial charge in [0.1, 0.15) is 0 Å². The van der Waals surface area contributed by atoms with Gasteiger partial charge in [0.15, 0.2) is 0 Å². The minimum absolute atomic E-state index is 0.362. The maximum absolute atomic E-state index is 14.1. The van der Waals surface area contributed by atoms with Crippen LogP contribution in [0.2, 0.25) is 0 Å². The molecule has 0 aromatic heterocycles. The first-order valence-electron chi connectivity index (χ1n) is 5.96. The molecule has 15 heavy (non-hydrogen) atoms. The standard InChI is InChI=1S/C12H21F2I/c1-3-4-10-7-9(2)8-11(5-6-15)12(10,13)14/h9-11H,3-8H2,1-2H3. The minimum atomic E-state index is -2.41. The summed E-state index contributed by atoms with van der Waals surface area (Å²) in [5.41, 5.74) is 0. The molecule has 1 aliphatic rings. The number of halogens is 3. The van der Waals surface area contributed by atoms with Crippen molar-refractivity contribution >= 4 is 22.6 Å². The first-order valence-corrected chi connectivity index (χ1v) is 7.48. The van der Waals surface area contributed by atoms with E-state index in [4.69, 9.17) is 0 Å². The van der Waals surface area contributed by atoms with Crippen molar-refractivity contribution in [3.63, 3.8) is 0 Å². The van der Waals surface area contributed by atoms with Crippen LogP contribution in [-0.4, -0.2) is 10.4 Å². The molecular formula is C12H21F2I. The highest BCUT2D eigenvalue weighted by molar-refractivity contribution is 14.1. The molecule has 0 aromatic rings. The van der Waals surface area contributed by atoms with Gasteiger partial charge in [0, 0.05) is 16.3 Å². The second-order valence-electron chi connectivity index (χ2n) is 4.91. The van der Waals surface area contributed by atoms with Gasteiger partial charge >= 0.3 is 0 Å². The molecule has 0 radical (unpaired) electrons. The molecule has 0 bridgehead atoms. The number of alkyl halides is 3. The van der Waals surface area contributed by atoms with Gasteiger partial charge in [-0.05, 0) is 31.6 Å². The number of hydrogen-bond acceptors (Lipinski definition) is 0. The van der Waals surface area contributed by atoms with Crippen LogP contribution in [0.25, 0.3) is 0 Å². The molecular weight excluding hydrogens is 309 g/mol. The molecule has 1 aliphatic carbocycles. The molecule has 3 unspecified atom stereocenters. The normalized spacial score (nSPS) is 35.4. The Morgan fingerprint density at radius 2 is 1.73 bits per heavy atom. The van der Waals surface area contributed by atoms with E-state index in [1.165, 1.54) is 0 Å². The van der Waals surface area contributed by atoms with Gasteiger partial charge in [-0.1, -0.05) is 42.9 Å². The highest BCUT2D eigenvalue weighted by atomic mass is 127. The lowest BCUT2D eigenvalue weighted by molar-refractivity contribution is -0.144. The second kappa shape index (κ2) is 5.78. The summed E-state index contributed by atoms with van der Waals surface area (Å²) in [4.78, 5) is 0. The lowest BCUT2D eigenvalue weighted by atomic mass is 9.70. The van der Waals surface area contributed by atoms with Crippen molar-refractivity contribution in [2.75, 3.05) is 4.43 Å². The van der Waals surface area contributed by atoms with Crippen molar-refractivity contribution in [1.29, 1.82) is 0 Å². The Morgan fingerprint density at radius 1 is 1.20 bits per heavy atom. The average Bonchev–Trinajstić information content (AvgIpc) is 2.14. The first kappa shape index (κ1) is 13.7. The summed E-state index contributed by atoms with van der Waals surface area (Å²) in [7, 11) is 0. The highest BCUT2D eigenvalue weighted by Crippen LogP contribution is 2.48. The quantitative estimate of drug-likeness (QED) is 0.508. The van der Waals surface area contributed by atoms with Crippen LogP contribution in [-0.2, 0) is 0 Å². The zero-order chi connectivity index (χ0) is 11.5. The molecule has 0 aromatic carbocycles. The van der Waals surface area contributed by atoms with Gasteiger partial charge in [0.25, 0.3) is 5.92 Å². The van der Waals surface area contributed by atoms with Crippen molar-refractivity contribution in [3.05, 3.63) is 0 Å². The first-order chi connectivity index (χ1) is 7.02. The van der Waals surface area contributed by atoms with Gasteiger partial charge in [-0.2, -0.15) is 0 Å². The number of hydrogen-bond donors (Lipinski definition) is 0. The van der Waals surface area contributed by atoms with Gasteiger partial charge in [-0.15, -0.1) is 0 Å². The van der Waals surface area contributed by atoms with Crippen LogP contribution in [0.15, 0.2) is 0 Å². The second-order valence-corrected chi connectivity index (χ2v) is 5.99. The molecule has 1 rings (SSSR count). The highest BCUT2D eigenvalue weighted by Gasteiger charge is 2.49. The monoisotopic (exact) mass is 330 g/mol.